The Morgan fingerprint density at radius 1 is 1.26 bits per heavy atom. The van der Waals surface area contributed by atoms with Crippen LogP contribution in [0.5, 0.6) is 0 Å². The molecule has 0 unspecified atom stereocenters. The lowest BCUT2D eigenvalue weighted by Gasteiger charge is -2.38. The average Bonchev–Trinajstić information content (AvgIpc) is 2.62. The van der Waals surface area contributed by atoms with Crippen LogP contribution in [0.25, 0.3) is 0 Å². The monoisotopic (exact) mass is 264 g/mol. The number of piperidine rings is 1. The smallest absolute Gasteiger partial charge is 0.131 e. The summed E-state index contributed by atoms with van der Waals surface area (Å²) in [6.45, 7) is 13.2. The van der Waals surface area contributed by atoms with Gasteiger partial charge < -0.3 is 10.2 Å². The maximum Gasteiger partial charge on any atom is 0.131 e. The van der Waals surface area contributed by atoms with E-state index in [1.807, 2.05) is 0 Å². The topological polar surface area (TPSA) is 33.1 Å². The summed E-state index contributed by atoms with van der Waals surface area (Å²) in [6.07, 6.45) is 2.52. The lowest BCUT2D eigenvalue weighted by Crippen LogP contribution is -2.39. The number of nitrogens with one attached hydrogen (secondary N) is 1. The average molecular weight is 264 g/mol. The predicted molar refractivity (Wildman–Crippen MR) is 80.6 cm³/mol. The van der Waals surface area contributed by atoms with Crippen molar-refractivity contribution in [2.45, 2.75) is 47.1 Å². The SMILES string of the molecule is CCNCc1c(C)nn(C)c1N1CCC(C)(C)CC1. The van der Waals surface area contributed by atoms with Crippen molar-refractivity contribution >= 4 is 5.82 Å². The number of anilines is 1. The van der Waals surface area contributed by atoms with E-state index in [1.165, 1.54) is 24.2 Å². The molecule has 1 aromatic heterocycles. The molecule has 2 rings (SSSR count). The van der Waals surface area contributed by atoms with Gasteiger partial charge in [0, 0.05) is 32.2 Å². The van der Waals surface area contributed by atoms with E-state index in [1.54, 1.807) is 0 Å². The number of nitrogens with zero attached hydrogens (tertiary/aromatic N) is 3. The molecule has 1 aromatic rings. The molecule has 19 heavy (non-hydrogen) atoms. The highest BCUT2D eigenvalue weighted by Crippen LogP contribution is 2.33. The first-order chi connectivity index (χ1) is 8.94. The Bertz CT molecular complexity index is 424. The van der Waals surface area contributed by atoms with Crippen molar-refractivity contribution in [3.05, 3.63) is 11.3 Å². The number of rotatable bonds is 4. The van der Waals surface area contributed by atoms with Crippen molar-refractivity contribution in [2.75, 3.05) is 24.5 Å². The zero-order valence-corrected chi connectivity index (χ0v) is 13.1. The normalized spacial score (nSPS) is 18.9. The van der Waals surface area contributed by atoms with E-state index in [-0.39, 0.29) is 0 Å². The minimum atomic E-state index is 0.492. The van der Waals surface area contributed by atoms with E-state index >= 15 is 0 Å². The highest BCUT2D eigenvalue weighted by molar-refractivity contribution is 5.50. The molecule has 108 valence electrons. The van der Waals surface area contributed by atoms with Crippen LogP contribution < -0.4 is 10.2 Å². The van der Waals surface area contributed by atoms with Gasteiger partial charge in [0.25, 0.3) is 0 Å². The van der Waals surface area contributed by atoms with Crippen molar-refractivity contribution in [3.8, 4) is 0 Å². The number of aromatic nitrogens is 2. The summed E-state index contributed by atoms with van der Waals surface area (Å²) in [6, 6.07) is 0. The summed E-state index contributed by atoms with van der Waals surface area (Å²) < 4.78 is 2.06. The molecule has 0 aliphatic carbocycles. The zero-order valence-electron chi connectivity index (χ0n) is 13.1. The number of aryl methyl sites for hydroxylation is 2. The molecule has 4 nitrogen and oxygen atoms in total. The molecule has 1 N–H and O–H groups in total. The van der Waals surface area contributed by atoms with Crippen molar-refractivity contribution < 1.29 is 0 Å². The summed E-state index contributed by atoms with van der Waals surface area (Å²) in [5.74, 6) is 1.31. The van der Waals surface area contributed by atoms with Crippen LogP contribution in [0, 0.1) is 12.3 Å². The minimum Gasteiger partial charge on any atom is -0.357 e. The van der Waals surface area contributed by atoms with Crippen molar-refractivity contribution in [3.63, 3.8) is 0 Å². The van der Waals surface area contributed by atoms with Crippen LogP contribution in [-0.4, -0.2) is 29.4 Å². The maximum atomic E-state index is 4.61. The standard InChI is InChI=1S/C15H28N4/c1-6-16-11-13-12(2)17-18(5)14(13)19-9-7-15(3,4)8-10-19/h16H,6-11H2,1-5H3. The second kappa shape index (κ2) is 5.53. The lowest BCUT2D eigenvalue weighted by molar-refractivity contribution is 0.278. The van der Waals surface area contributed by atoms with Crippen molar-refractivity contribution in [1.82, 2.24) is 15.1 Å². The van der Waals surface area contributed by atoms with Crippen LogP contribution in [0.1, 0.15) is 44.9 Å². The summed E-state index contributed by atoms with van der Waals surface area (Å²) in [5, 5.41) is 8.04. The van der Waals surface area contributed by atoms with E-state index in [2.05, 4.69) is 54.7 Å². The van der Waals surface area contributed by atoms with Crippen LogP contribution in [0.15, 0.2) is 0 Å². The third-order valence-corrected chi connectivity index (χ3v) is 4.28. The van der Waals surface area contributed by atoms with Gasteiger partial charge in [-0.15, -0.1) is 0 Å². The largest absolute Gasteiger partial charge is 0.357 e. The fourth-order valence-corrected chi connectivity index (χ4v) is 2.87. The summed E-state index contributed by atoms with van der Waals surface area (Å²) >= 11 is 0. The van der Waals surface area contributed by atoms with Crippen LogP contribution in [0.2, 0.25) is 0 Å². The molecule has 1 fully saturated rings. The van der Waals surface area contributed by atoms with E-state index in [4.69, 9.17) is 0 Å². The highest BCUT2D eigenvalue weighted by Gasteiger charge is 2.28. The van der Waals surface area contributed by atoms with Gasteiger partial charge in [0.1, 0.15) is 5.82 Å². The summed E-state index contributed by atoms with van der Waals surface area (Å²) in [7, 11) is 2.07. The Morgan fingerprint density at radius 3 is 2.47 bits per heavy atom. The fraction of sp³-hybridized carbons (Fsp3) is 0.800. The molecule has 1 aliphatic rings. The van der Waals surface area contributed by atoms with Crippen molar-refractivity contribution in [1.29, 1.82) is 0 Å². The first kappa shape index (κ1) is 14.4. The molecule has 0 radical (unpaired) electrons. The Labute approximate surface area is 117 Å². The fourth-order valence-electron chi connectivity index (χ4n) is 2.87. The molecule has 0 bridgehead atoms. The molecule has 1 saturated heterocycles. The Hall–Kier alpha value is -1.03. The first-order valence-electron chi connectivity index (χ1n) is 7.43. The predicted octanol–water partition coefficient (Wildman–Crippen LogP) is 2.46. The molecule has 0 saturated carbocycles. The van der Waals surface area contributed by atoms with E-state index in [0.29, 0.717) is 5.41 Å². The molecule has 0 aromatic carbocycles. The summed E-state index contributed by atoms with van der Waals surface area (Å²) in [5.41, 5.74) is 3.01. The molecule has 0 atom stereocenters. The highest BCUT2D eigenvalue weighted by atomic mass is 15.4. The van der Waals surface area contributed by atoms with E-state index in [9.17, 15) is 0 Å². The van der Waals surface area contributed by atoms with Gasteiger partial charge in [-0.1, -0.05) is 20.8 Å². The molecule has 0 amide bonds. The van der Waals surface area contributed by atoms with E-state index < -0.39 is 0 Å². The number of hydrogen-bond donors (Lipinski definition) is 1. The molecule has 4 heteroatoms. The second-order valence-electron chi connectivity index (χ2n) is 6.44. The first-order valence-corrected chi connectivity index (χ1v) is 7.43. The maximum absolute atomic E-state index is 4.61. The van der Waals surface area contributed by atoms with Crippen LogP contribution >= 0.6 is 0 Å². The van der Waals surface area contributed by atoms with Crippen LogP contribution in [0.4, 0.5) is 5.82 Å². The number of hydrogen-bond acceptors (Lipinski definition) is 3. The Kier molecular flexibility index (Phi) is 4.19. The van der Waals surface area contributed by atoms with E-state index in [0.717, 1.165) is 31.9 Å². The Morgan fingerprint density at radius 2 is 1.89 bits per heavy atom. The molecule has 0 spiro atoms. The lowest BCUT2D eigenvalue weighted by atomic mass is 9.82. The molecular weight excluding hydrogens is 236 g/mol. The molecule has 2 heterocycles. The van der Waals surface area contributed by atoms with Gasteiger partial charge in [0.15, 0.2) is 0 Å². The van der Waals surface area contributed by atoms with Gasteiger partial charge in [-0.2, -0.15) is 5.10 Å². The zero-order chi connectivity index (χ0) is 14.0. The molecular formula is C15H28N4. The van der Waals surface area contributed by atoms with Gasteiger partial charge >= 0.3 is 0 Å². The van der Waals surface area contributed by atoms with Crippen LogP contribution in [0.3, 0.4) is 0 Å². The second-order valence-corrected chi connectivity index (χ2v) is 6.44. The van der Waals surface area contributed by atoms with Crippen LogP contribution in [-0.2, 0) is 13.6 Å². The Balaban J connectivity index is 2.19. The van der Waals surface area contributed by atoms with Gasteiger partial charge in [0.05, 0.1) is 5.69 Å². The van der Waals surface area contributed by atoms with Crippen molar-refractivity contribution in [2.24, 2.45) is 12.5 Å². The molecule has 1 aliphatic heterocycles. The summed E-state index contributed by atoms with van der Waals surface area (Å²) in [4.78, 5) is 2.51. The van der Waals surface area contributed by atoms with Gasteiger partial charge in [-0.05, 0) is 31.7 Å². The van der Waals surface area contributed by atoms with Gasteiger partial charge in [0.2, 0.25) is 0 Å². The third-order valence-electron chi connectivity index (χ3n) is 4.28. The minimum absolute atomic E-state index is 0.492. The quantitative estimate of drug-likeness (QED) is 0.907. The van der Waals surface area contributed by atoms with Gasteiger partial charge in [-0.25, -0.2) is 0 Å². The third kappa shape index (κ3) is 3.11. The van der Waals surface area contributed by atoms with Gasteiger partial charge in [-0.3, -0.25) is 4.68 Å².